The zero-order valence-corrected chi connectivity index (χ0v) is 17.9. The van der Waals surface area contributed by atoms with Crippen LogP contribution in [0.5, 0.6) is 5.75 Å². The van der Waals surface area contributed by atoms with Crippen molar-refractivity contribution in [2.75, 3.05) is 19.7 Å². The van der Waals surface area contributed by atoms with Gasteiger partial charge in [-0.15, -0.1) is 0 Å². The van der Waals surface area contributed by atoms with Gasteiger partial charge >= 0.3 is 0 Å². The predicted octanol–water partition coefficient (Wildman–Crippen LogP) is 3.52. The SMILES string of the molecule is Cc1cc(S(=O)(=O)N2CCCCC2)ccc1OCC(=O)NCc1ccc(Cl)cc1. The van der Waals surface area contributed by atoms with Crippen LogP contribution in [0, 0.1) is 6.92 Å². The van der Waals surface area contributed by atoms with Crippen LogP contribution >= 0.6 is 11.6 Å². The van der Waals surface area contributed by atoms with Gasteiger partial charge < -0.3 is 10.1 Å². The summed E-state index contributed by atoms with van der Waals surface area (Å²) in [7, 11) is -3.49. The van der Waals surface area contributed by atoms with E-state index in [-0.39, 0.29) is 17.4 Å². The van der Waals surface area contributed by atoms with Gasteiger partial charge in [0.2, 0.25) is 10.0 Å². The lowest BCUT2D eigenvalue weighted by Crippen LogP contribution is -2.35. The molecule has 1 amide bonds. The lowest BCUT2D eigenvalue weighted by Gasteiger charge is -2.26. The lowest BCUT2D eigenvalue weighted by molar-refractivity contribution is -0.123. The van der Waals surface area contributed by atoms with E-state index in [2.05, 4.69) is 5.32 Å². The van der Waals surface area contributed by atoms with Crippen molar-refractivity contribution in [3.05, 3.63) is 58.6 Å². The molecule has 8 heteroatoms. The van der Waals surface area contributed by atoms with Crippen LogP contribution in [0.2, 0.25) is 5.02 Å². The van der Waals surface area contributed by atoms with E-state index in [0.717, 1.165) is 24.8 Å². The van der Waals surface area contributed by atoms with Gasteiger partial charge in [0.15, 0.2) is 6.61 Å². The van der Waals surface area contributed by atoms with E-state index in [9.17, 15) is 13.2 Å². The normalized spacial score (nSPS) is 15.1. The summed E-state index contributed by atoms with van der Waals surface area (Å²) in [5, 5.41) is 3.42. The number of ether oxygens (including phenoxy) is 1. The number of hydrogen-bond donors (Lipinski definition) is 1. The van der Waals surface area contributed by atoms with Gasteiger partial charge in [-0.3, -0.25) is 4.79 Å². The minimum absolute atomic E-state index is 0.146. The van der Waals surface area contributed by atoms with Crippen LogP contribution in [0.3, 0.4) is 0 Å². The number of aryl methyl sites for hydroxylation is 1. The van der Waals surface area contributed by atoms with Gasteiger partial charge in [0, 0.05) is 24.7 Å². The van der Waals surface area contributed by atoms with Gasteiger partial charge in [-0.05, 0) is 61.2 Å². The van der Waals surface area contributed by atoms with Gasteiger partial charge in [-0.25, -0.2) is 8.42 Å². The van der Waals surface area contributed by atoms with Crippen LogP contribution in [-0.2, 0) is 21.4 Å². The second kappa shape index (κ2) is 9.61. The average molecular weight is 437 g/mol. The fraction of sp³-hybridized carbons (Fsp3) is 0.381. The van der Waals surface area contributed by atoms with Crippen LogP contribution in [0.25, 0.3) is 0 Å². The van der Waals surface area contributed by atoms with E-state index < -0.39 is 10.0 Å². The Kier molecular flexibility index (Phi) is 7.16. The minimum atomic E-state index is -3.49. The number of benzene rings is 2. The number of amides is 1. The maximum absolute atomic E-state index is 12.8. The molecule has 29 heavy (non-hydrogen) atoms. The fourth-order valence-electron chi connectivity index (χ4n) is 3.20. The van der Waals surface area contributed by atoms with Crippen LogP contribution in [0.4, 0.5) is 0 Å². The first-order valence-electron chi connectivity index (χ1n) is 9.61. The molecule has 156 valence electrons. The molecule has 0 spiro atoms. The molecule has 6 nitrogen and oxygen atoms in total. The number of halogens is 1. The van der Waals surface area contributed by atoms with E-state index in [1.807, 2.05) is 12.1 Å². The molecule has 0 saturated carbocycles. The Morgan fingerprint density at radius 3 is 2.45 bits per heavy atom. The molecule has 0 radical (unpaired) electrons. The van der Waals surface area contributed by atoms with Crippen LogP contribution < -0.4 is 10.1 Å². The largest absolute Gasteiger partial charge is 0.484 e. The number of hydrogen-bond acceptors (Lipinski definition) is 4. The Hall–Kier alpha value is -2.09. The molecule has 1 fully saturated rings. The zero-order chi connectivity index (χ0) is 20.9. The van der Waals surface area contributed by atoms with Crippen molar-refractivity contribution in [2.24, 2.45) is 0 Å². The number of carbonyl (C=O) groups is 1. The standard InChI is InChI=1S/C21H25ClN2O4S/c1-16-13-19(29(26,27)24-11-3-2-4-12-24)9-10-20(16)28-15-21(25)23-14-17-5-7-18(22)8-6-17/h5-10,13H,2-4,11-12,14-15H2,1H3,(H,23,25). The average Bonchev–Trinajstić information content (AvgIpc) is 2.73. The van der Waals surface area contributed by atoms with Crippen molar-refractivity contribution in [1.82, 2.24) is 9.62 Å². The first-order valence-corrected chi connectivity index (χ1v) is 11.4. The minimum Gasteiger partial charge on any atom is -0.484 e. The maximum Gasteiger partial charge on any atom is 0.258 e. The Morgan fingerprint density at radius 1 is 1.10 bits per heavy atom. The summed E-state index contributed by atoms with van der Waals surface area (Å²) in [5.41, 5.74) is 1.61. The predicted molar refractivity (Wildman–Crippen MR) is 113 cm³/mol. The van der Waals surface area contributed by atoms with E-state index in [4.69, 9.17) is 16.3 Å². The van der Waals surface area contributed by atoms with Crippen LogP contribution in [-0.4, -0.2) is 38.3 Å². The van der Waals surface area contributed by atoms with Crippen LogP contribution in [0.15, 0.2) is 47.4 Å². The van der Waals surface area contributed by atoms with E-state index in [1.54, 1.807) is 31.2 Å². The lowest BCUT2D eigenvalue weighted by atomic mass is 10.2. The van der Waals surface area contributed by atoms with Crippen molar-refractivity contribution < 1.29 is 17.9 Å². The molecular formula is C21H25ClN2O4S. The Labute approximate surface area is 176 Å². The van der Waals surface area contributed by atoms with Crippen molar-refractivity contribution in [1.29, 1.82) is 0 Å². The molecule has 2 aromatic carbocycles. The Bertz CT molecular complexity index is 955. The second-order valence-corrected chi connectivity index (χ2v) is 9.46. The smallest absolute Gasteiger partial charge is 0.258 e. The molecule has 0 aromatic heterocycles. The number of nitrogens with zero attached hydrogens (tertiary/aromatic N) is 1. The molecule has 1 aliphatic rings. The highest BCUT2D eigenvalue weighted by Crippen LogP contribution is 2.25. The molecule has 0 unspecified atom stereocenters. The first-order chi connectivity index (χ1) is 13.9. The number of sulfonamides is 1. The maximum atomic E-state index is 12.8. The van der Waals surface area contributed by atoms with Crippen molar-refractivity contribution in [2.45, 2.75) is 37.6 Å². The van der Waals surface area contributed by atoms with Gasteiger partial charge in [-0.2, -0.15) is 4.31 Å². The highest BCUT2D eigenvalue weighted by Gasteiger charge is 2.26. The van der Waals surface area contributed by atoms with Gasteiger partial charge in [0.05, 0.1) is 4.90 Å². The number of carbonyl (C=O) groups excluding carboxylic acids is 1. The third kappa shape index (κ3) is 5.72. The highest BCUT2D eigenvalue weighted by atomic mass is 35.5. The summed E-state index contributed by atoms with van der Waals surface area (Å²) >= 11 is 5.84. The molecule has 3 rings (SSSR count). The quantitative estimate of drug-likeness (QED) is 0.720. The summed E-state index contributed by atoms with van der Waals surface area (Å²) in [6.45, 7) is 3.13. The van der Waals surface area contributed by atoms with Crippen molar-refractivity contribution in [3.8, 4) is 5.75 Å². The molecule has 1 N–H and O–H groups in total. The molecule has 1 heterocycles. The molecule has 1 aliphatic heterocycles. The number of rotatable bonds is 7. The molecule has 0 bridgehead atoms. The van der Waals surface area contributed by atoms with Crippen molar-refractivity contribution in [3.63, 3.8) is 0 Å². The van der Waals surface area contributed by atoms with E-state index in [1.165, 1.54) is 10.4 Å². The summed E-state index contributed by atoms with van der Waals surface area (Å²) < 4.78 is 32.7. The third-order valence-electron chi connectivity index (χ3n) is 4.86. The second-order valence-electron chi connectivity index (χ2n) is 7.08. The van der Waals surface area contributed by atoms with E-state index in [0.29, 0.717) is 36.0 Å². The van der Waals surface area contributed by atoms with Gasteiger partial charge in [0.1, 0.15) is 5.75 Å². The fourth-order valence-corrected chi connectivity index (χ4v) is 4.92. The highest BCUT2D eigenvalue weighted by molar-refractivity contribution is 7.89. The monoisotopic (exact) mass is 436 g/mol. The Morgan fingerprint density at radius 2 is 1.79 bits per heavy atom. The summed E-state index contributed by atoms with van der Waals surface area (Å²) in [5.74, 6) is 0.230. The molecule has 0 atom stereocenters. The molecule has 1 saturated heterocycles. The summed E-state index contributed by atoms with van der Waals surface area (Å²) in [6, 6.07) is 12.0. The third-order valence-corrected chi connectivity index (χ3v) is 7.01. The topological polar surface area (TPSA) is 75.7 Å². The zero-order valence-electron chi connectivity index (χ0n) is 16.4. The molecule has 2 aromatic rings. The van der Waals surface area contributed by atoms with E-state index >= 15 is 0 Å². The van der Waals surface area contributed by atoms with Gasteiger partial charge in [0.25, 0.3) is 5.91 Å². The number of nitrogens with one attached hydrogen (secondary N) is 1. The number of piperidine rings is 1. The molecule has 0 aliphatic carbocycles. The Balaban J connectivity index is 1.56. The summed E-state index contributed by atoms with van der Waals surface area (Å²) in [4.78, 5) is 12.3. The summed E-state index contributed by atoms with van der Waals surface area (Å²) in [6.07, 6.45) is 2.85. The first kappa shape index (κ1) is 21.6. The van der Waals surface area contributed by atoms with Crippen LogP contribution in [0.1, 0.15) is 30.4 Å². The van der Waals surface area contributed by atoms with Crippen molar-refractivity contribution >= 4 is 27.5 Å². The van der Waals surface area contributed by atoms with Gasteiger partial charge in [-0.1, -0.05) is 30.2 Å². The molecular weight excluding hydrogens is 412 g/mol.